The second-order valence-corrected chi connectivity index (χ2v) is 3.79. The van der Waals surface area contributed by atoms with Crippen molar-refractivity contribution in [2.24, 2.45) is 0 Å². The Balaban J connectivity index is 2.67. The standard InChI is InChI=1S/C11H9BrFNO/c1-8(15)14-4-2-3-9-5-10(12)7-11(13)6-9/h5-7H,4H2,1H3,(H,14,15). The van der Waals surface area contributed by atoms with Gasteiger partial charge in [0, 0.05) is 17.0 Å². The first kappa shape index (κ1) is 11.7. The van der Waals surface area contributed by atoms with Crippen molar-refractivity contribution >= 4 is 21.8 Å². The van der Waals surface area contributed by atoms with Crippen molar-refractivity contribution in [2.45, 2.75) is 6.92 Å². The van der Waals surface area contributed by atoms with Crippen LogP contribution in [0.2, 0.25) is 0 Å². The first-order valence-corrected chi connectivity index (χ1v) is 5.06. The van der Waals surface area contributed by atoms with Gasteiger partial charge in [0.2, 0.25) is 5.91 Å². The van der Waals surface area contributed by atoms with E-state index in [0.717, 1.165) is 0 Å². The number of rotatable bonds is 1. The van der Waals surface area contributed by atoms with Gasteiger partial charge < -0.3 is 5.32 Å². The summed E-state index contributed by atoms with van der Waals surface area (Å²) in [5.41, 5.74) is 0.576. The fourth-order valence-corrected chi connectivity index (χ4v) is 1.41. The van der Waals surface area contributed by atoms with Crippen LogP contribution in [0.4, 0.5) is 4.39 Å². The van der Waals surface area contributed by atoms with Gasteiger partial charge in [-0.25, -0.2) is 4.39 Å². The Bertz CT molecular complexity index is 414. The van der Waals surface area contributed by atoms with Gasteiger partial charge in [-0.1, -0.05) is 27.8 Å². The second-order valence-electron chi connectivity index (χ2n) is 2.87. The molecule has 0 atom stereocenters. The molecule has 4 heteroatoms. The molecule has 1 aromatic carbocycles. The third-order valence-corrected chi connectivity index (χ3v) is 1.98. The summed E-state index contributed by atoms with van der Waals surface area (Å²) >= 11 is 3.17. The van der Waals surface area contributed by atoms with E-state index in [1.54, 1.807) is 6.07 Å². The van der Waals surface area contributed by atoms with Crippen LogP contribution in [-0.4, -0.2) is 12.5 Å². The fraction of sp³-hybridized carbons (Fsp3) is 0.182. The van der Waals surface area contributed by atoms with E-state index in [1.807, 2.05) is 0 Å². The number of benzene rings is 1. The van der Waals surface area contributed by atoms with E-state index in [9.17, 15) is 9.18 Å². The molecule has 0 saturated carbocycles. The molecular weight excluding hydrogens is 261 g/mol. The Morgan fingerprint density at radius 3 is 2.87 bits per heavy atom. The molecule has 0 aliphatic carbocycles. The number of carbonyl (C=O) groups excluding carboxylic acids is 1. The van der Waals surface area contributed by atoms with Crippen LogP contribution in [0.3, 0.4) is 0 Å². The number of hydrogen-bond donors (Lipinski definition) is 1. The summed E-state index contributed by atoms with van der Waals surface area (Å²) in [6.07, 6.45) is 0. The SMILES string of the molecule is CC(=O)NCC#Cc1cc(F)cc(Br)c1. The molecule has 1 N–H and O–H groups in total. The highest BCUT2D eigenvalue weighted by molar-refractivity contribution is 9.10. The predicted molar refractivity (Wildman–Crippen MR) is 59.7 cm³/mol. The highest BCUT2D eigenvalue weighted by Gasteiger charge is 1.95. The maximum atomic E-state index is 12.9. The van der Waals surface area contributed by atoms with Crippen molar-refractivity contribution in [3.8, 4) is 11.8 Å². The van der Waals surface area contributed by atoms with Crippen molar-refractivity contribution in [3.63, 3.8) is 0 Å². The first-order valence-electron chi connectivity index (χ1n) is 4.27. The summed E-state index contributed by atoms with van der Waals surface area (Å²) in [6.45, 7) is 1.68. The number of hydrogen-bond acceptors (Lipinski definition) is 1. The van der Waals surface area contributed by atoms with Crippen molar-refractivity contribution < 1.29 is 9.18 Å². The molecule has 1 aromatic rings. The Labute approximate surface area is 96.0 Å². The summed E-state index contributed by atoms with van der Waals surface area (Å²) in [6, 6.07) is 4.41. The summed E-state index contributed by atoms with van der Waals surface area (Å²) in [5.74, 6) is 4.99. The molecule has 0 aromatic heterocycles. The summed E-state index contributed by atoms with van der Waals surface area (Å²) < 4.78 is 13.5. The van der Waals surface area contributed by atoms with E-state index in [0.29, 0.717) is 10.0 Å². The van der Waals surface area contributed by atoms with E-state index in [-0.39, 0.29) is 18.3 Å². The van der Waals surface area contributed by atoms with Gasteiger partial charge >= 0.3 is 0 Å². The van der Waals surface area contributed by atoms with E-state index in [1.165, 1.54) is 19.1 Å². The molecule has 15 heavy (non-hydrogen) atoms. The summed E-state index contributed by atoms with van der Waals surface area (Å²) in [4.78, 5) is 10.5. The highest BCUT2D eigenvalue weighted by Crippen LogP contribution is 2.13. The van der Waals surface area contributed by atoms with Crippen molar-refractivity contribution in [3.05, 3.63) is 34.1 Å². The molecule has 2 nitrogen and oxygen atoms in total. The lowest BCUT2D eigenvalue weighted by molar-refractivity contribution is -0.118. The Morgan fingerprint density at radius 1 is 1.53 bits per heavy atom. The lowest BCUT2D eigenvalue weighted by atomic mass is 10.2. The van der Waals surface area contributed by atoms with Gasteiger partial charge in [-0.05, 0) is 18.2 Å². The lowest BCUT2D eigenvalue weighted by Gasteiger charge is -1.94. The van der Waals surface area contributed by atoms with Gasteiger partial charge in [0.05, 0.1) is 6.54 Å². The second kappa shape index (κ2) is 5.52. The van der Waals surface area contributed by atoms with E-state index >= 15 is 0 Å². The molecule has 0 radical (unpaired) electrons. The molecule has 0 aliphatic heterocycles. The molecule has 0 heterocycles. The quantitative estimate of drug-likeness (QED) is 0.778. The smallest absolute Gasteiger partial charge is 0.217 e. The molecule has 1 amide bonds. The number of halogens is 2. The average molecular weight is 270 g/mol. The minimum Gasteiger partial charge on any atom is -0.345 e. The summed E-state index contributed by atoms with van der Waals surface area (Å²) in [5, 5.41) is 2.53. The van der Waals surface area contributed by atoms with Gasteiger partial charge in [-0.3, -0.25) is 4.79 Å². The van der Waals surface area contributed by atoms with Crippen LogP contribution in [0.5, 0.6) is 0 Å². The molecule has 0 aliphatic rings. The third kappa shape index (κ3) is 4.61. The van der Waals surface area contributed by atoms with Gasteiger partial charge in [0.25, 0.3) is 0 Å². The maximum Gasteiger partial charge on any atom is 0.217 e. The molecule has 78 valence electrons. The van der Waals surface area contributed by atoms with Crippen LogP contribution in [0, 0.1) is 17.7 Å². The zero-order valence-corrected chi connectivity index (χ0v) is 9.69. The van der Waals surface area contributed by atoms with Crippen molar-refractivity contribution in [2.75, 3.05) is 6.54 Å². The topological polar surface area (TPSA) is 29.1 Å². The van der Waals surface area contributed by atoms with Crippen LogP contribution in [0.25, 0.3) is 0 Å². The Hall–Kier alpha value is -1.34. The van der Waals surface area contributed by atoms with E-state index in [4.69, 9.17) is 0 Å². The number of amides is 1. The zero-order chi connectivity index (χ0) is 11.3. The van der Waals surface area contributed by atoms with Crippen LogP contribution >= 0.6 is 15.9 Å². The lowest BCUT2D eigenvalue weighted by Crippen LogP contribution is -2.19. The number of nitrogens with one attached hydrogen (secondary N) is 1. The van der Waals surface area contributed by atoms with Gasteiger partial charge in [0.15, 0.2) is 0 Å². The molecule has 0 saturated heterocycles. The molecule has 1 rings (SSSR count). The van der Waals surface area contributed by atoms with E-state index < -0.39 is 0 Å². The normalized spacial score (nSPS) is 9.00. The first-order chi connectivity index (χ1) is 7.08. The average Bonchev–Trinajstić information content (AvgIpc) is 2.10. The Morgan fingerprint density at radius 2 is 2.27 bits per heavy atom. The summed E-state index contributed by atoms with van der Waals surface area (Å²) in [7, 11) is 0. The van der Waals surface area contributed by atoms with Crippen LogP contribution in [-0.2, 0) is 4.79 Å². The highest BCUT2D eigenvalue weighted by atomic mass is 79.9. The Kier molecular flexibility index (Phi) is 4.32. The largest absolute Gasteiger partial charge is 0.345 e. The molecule has 0 bridgehead atoms. The van der Waals surface area contributed by atoms with E-state index in [2.05, 4.69) is 33.1 Å². The monoisotopic (exact) mass is 269 g/mol. The fourth-order valence-electron chi connectivity index (χ4n) is 0.941. The van der Waals surface area contributed by atoms with Crippen LogP contribution < -0.4 is 5.32 Å². The van der Waals surface area contributed by atoms with Gasteiger partial charge in [0.1, 0.15) is 5.82 Å². The van der Waals surface area contributed by atoms with Crippen LogP contribution in [0.1, 0.15) is 12.5 Å². The van der Waals surface area contributed by atoms with Crippen molar-refractivity contribution in [1.82, 2.24) is 5.32 Å². The molecular formula is C11H9BrFNO. The van der Waals surface area contributed by atoms with Gasteiger partial charge in [-0.2, -0.15) is 0 Å². The minimum absolute atomic E-state index is 0.135. The third-order valence-electron chi connectivity index (χ3n) is 1.52. The van der Waals surface area contributed by atoms with Crippen molar-refractivity contribution in [1.29, 1.82) is 0 Å². The zero-order valence-electron chi connectivity index (χ0n) is 8.10. The molecule has 0 unspecified atom stereocenters. The molecule has 0 fully saturated rings. The predicted octanol–water partition coefficient (Wildman–Crippen LogP) is 2.08. The minimum atomic E-state index is -0.340. The van der Waals surface area contributed by atoms with Gasteiger partial charge in [-0.15, -0.1) is 0 Å². The van der Waals surface area contributed by atoms with Crippen LogP contribution in [0.15, 0.2) is 22.7 Å². The molecule has 0 spiro atoms. The maximum absolute atomic E-state index is 12.9. The number of carbonyl (C=O) groups is 1.